The summed E-state index contributed by atoms with van der Waals surface area (Å²) in [5.41, 5.74) is 1.21. The summed E-state index contributed by atoms with van der Waals surface area (Å²) < 4.78 is 19.0. The Morgan fingerprint density at radius 3 is 1.88 bits per heavy atom. The number of Topliss-reactive ketones (excluding diaryl/α,β-unsaturated/α-hetero) is 2. The fraction of sp³-hybridized carbons (Fsp3) is 0.400. The second-order valence-corrected chi connectivity index (χ2v) is 5.95. The standard InChI is InChI=1S/C16H17FO2.C6H11NO2.C2H6.CH4O/c1-5-13(12(3)18)10-16(17)11(2)14-6-8-15(19-4)9-7-14;1-4(5(2)8)6(9)7-3;2*1-2/h5-10H,2H2,1,3-4H3;4H,1-3H3,(H,7,9);1-2H3;2H,1H3/b13-5+,16-10+;;;. The van der Waals surface area contributed by atoms with Gasteiger partial charge in [-0.2, -0.15) is 0 Å². The average molecular weight is 452 g/mol. The topological polar surface area (TPSA) is 92.7 Å². The molecule has 0 spiro atoms. The molecule has 6 nitrogen and oxygen atoms in total. The Labute approximate surface area is 191 Å². The number of halogens is 1. The third kappa shape index (κ3) is 13.3. The van der Waals surface area contributed by atoms with Gasteiger partial charge in [0.1, 0.15) is 17.4 Å². The Morgan fingerprint density at radius 2 is 1.59 bits per heavy atom. The molecule has 0 heterocycles. The normalized spacial score (nSPS) is 11.1. The van der Waals surface area contributed by atoms with Gasteiger partial charge in [0, 0.05) is 25.3 Å². The molecule has 0 saturated carbocycles. The van der Waals surface area contributed by atoms with Crippen LogP contribution in [0.3, 0.4) is 0 Å². The summed E-state index contributed by atoms with van der Waals surface area (Å²) in [5, 5.41) is 9.39. The first-order chi connectivity index (χ1) is 15.1. The number of aliphatic hydroxyl groups excluding tert-OH is 1. The first-order valence-corrected chi connectivity index (χ1v) is 10.1. The summed E-state index contributed by atoms with van der Waals surface area (Å²) in [4.78, 5) is 32.3. The number of ketones is 2. The van der Waals surface area contributed by atoms with Gasteiger partial charge in [0.15, 0.2) is 5.78 Å². The van der Waals surface area contributed by atoms with Gasteiger partial charge in [0.2, 0.25) is 5.91 Å². The maximum atomic E-state index is 14.0. The van der Waals surface area contributed by atoms with Gasteiger partial charge in [-0.1, -0.05) is 38.6 Å². The highest BCUT2D eigenvalue weighted by Gasteiger charge is 2.14. The first-order valence-electron chi connectivity index (χ1n) is 10.1. The number of allylic oxidation sites excluding steroid dienone is 5. The molecule has 0 radical (unpaired) electrons. The van der Waals surface area contributed by atoms with E-state index in [0.717, 1.165) is 7.11 Å². The van der Waals surface area contributed by atoms with Crippen LogP contribution < -0.4 is 10.1 Å². The van der Waals surface area contributed by atoms with Crippen LogP contribution in [0.25, 0.3) is 5.57 Å². The highest BCUT2D eigenvalue weighted by molar-refractivity contribution is 5.99. The Balaban J connectivity index is -0.000000544. The van der Waals surface area contributed by atoms with Crippen molar-refractivity contribution in [1.29, 1.82) is 0 Å². The van der Waals surface area contributed by atoms with Crippen molar-refractivity contribution in [2.75, 3.05) is 21.3 Å². The number of aliphatic hydroxyl groups is 1. The van der Waals surface area contributed by atoms with E-state index in [2.05, 4.69) is 11.9 Å². The van der Waals surface area contributed by atoms with Crippen molar-refractivity contribution < 1.29 is 28.6 Å². The van der Waals surface area contributed by atoms with E-state index in [1.165, 1.54) is 27.0 Å². The van der Waals surface area contributed by atoms with Crippen LogP contribution in [0.15, 0.2) is 54.4 Å². The monoisotopic (exact) mass is 451 g/mol. The van der Waals surface area contributed by atoms with Gasteiger partial charge >= 0.3 is 0 Å². The number of methoxy groups -OCH3 is 1. The van der Waals surface area contributed by atoms with Gasteiger partial charge in [0.05, 0.1) is 13.0 Å². The molecular formula is C25H38FNO5. The zero-order valence-corrected chi connectivity index (χ0v) is 20.7. The highest BCUT2D eigenvalue weighted by Crippen LogP contribution is 2.25. The first kappa shape index (κ1) is 33.6. The molecule has 2 N–H and O–H groups in total. The van der Waals surface area contributed by atoms with Crippen LogP contribution in [0, 0.1) is 5.92 Å². The number of carbonyl (C=O) groups is 3. The van der Waals surface area contributed by atoms with E-state index >= 15 is 0 Å². The number of hydrogen-bond donors (Lipinski definition) is 2. The molecule has 180 valence electrons. The largest absolute Gasteiger partial charge is 0.497 e. The van der Waals surface area contributed by atoms with Crippen LogP contribution in [-0.4, -0.2) is 43.8 Å². The Morgan fingerprint density at radius 1 is 1.12 bits per heavy atom. The Kier molecular flexibility index (Phi) is 20.9. The molecule has 1 unspecified atom stereocenters. The van der Waals surface area contributed by atoms with Crippen molar-refractivity contribution in [3.8, 4) is 5.75 Å². The molecular weight excluding hydrogens is 413 g/mol. The van der Waals surface area contributed by atoms with Crippen LogP contribution in [0.4, 0.5) is 4.39 Å². The van der Waals surface area contributed by atoms with Gasteiger partial charge in [0.25, 0.3) is 0 Å². The van der Waals surface area contributed by atoms with Crippen molar-refractivity contribution in [3.63, 3.8) is 0 Å². The third-order valence-corrected chi connectivity index (χ3v) is 3.98. The van der Waals surface area contributed by atoms with Gasteiger partial charge in [-0.3, -0.25) is 14.4 Å². The number of hydrogen-bond acceptors (Lipinski definition) is 5. The van der Waals surface area contributed by atoms with Crippen molar-refractivity contribution in [2.45, 2.75) is 41.5 Å². The summed E-state index contributed by atoms with van der Waals surface area (Å²) in [5.74, 6) is -0.834. The minimum absolute atomic E-state index is 0.102. The van der Waals surface area contributed by atoms with Gasteiger partial charge in [-0.15, -0.1) is 0 Å². The van der Waals surface area contributed by atoms with Crippen molar-refractivity contribution in [3.05, 3.63) is 60.0 Å². The van der Waals surface area contributed by atoms with Crippen LogP contribution in [0.1, 0.15) is 47.1 Å². The average Bonchev–Trinajstić information content (AvgIpc) is 2.83. The molecule has 0 saturated heterocycles. The quantitative estimate of drug-likeness (QED) is 0.356. The molecule has 1 rings (SSSR count). The van der Waals surface area contributed by atoms with Gasteiger partial charge in [-0.05, 0) is 51.5 Å². The third-order valence-electron chi connectivity index (χ3n) is 3.98. The SMILES string of the molecule is C=C(/C(F)=C\C(=C/C)C(C)=O)c1ccc(OC)cc1.CC.CNC(=O)C(C)C(C)=O.CO. The molecule has 0 aliphatic carbocycles. The minimum atomic E-state index is -0.520. The smallest absolute Gasteiger partial charge is 0.230 e. The number of benzene rings is 1. The number of nitrogens with one attached hydrogen (secondary N) is 1. The van der Waals surface area contributed by atoms with E-state index in [9.17, 15) is 18.8 Å². The predicted molar refractivity (Wildman–Crippen MR) is 129 cm³/mol. The number of ether oxygens (including phenoxy) is 1. The van der Waals surface area contributed by atoms with Crippen molar-refractivity contribution in [2.24, 2.45) is 5.92 Å². The molecule has 0 fully saturated rings. The summed E-state index contributed by atoms with van der Waals surface area (Å²) in [6, 6.07) is 6.90. The highest BCUT2D eigenvalue weighted by atomic mass is 19.1. The molecule has 0 aliphatic heterocycles. The molecule has 32 heavy (non-hydrogen) atoms. The van der Waals surface area contributed by atoms with E-state index in [0.29, 0.717) is 16.9 Å². The lowest BCUT2D eigenvalue weighted by atomic mass is 10.0. The molecule has 0 aromatic heterocycles. The maximum Gasteiger partial charge on any atom is 0.230 e. The maximum absolute atomic E-state index is 14.0. The summed E-state index contributed by atoms with van der Waals surface area (Å²) in [6.07, 6.45) is 2.78. The number of rotatable bonds is 7. The van der Waals surface area contributed by atoms with Gasteiger partial charge < -0.3 is 15.2 Å². The lowest BCUT2D eigenvalue weighted by Gasteiger charge is -2.06. The van der Waals surface area contributed by atoms with E-state index in [1.807, 2.05) is 13.8 Å². The zero-order chi connectivity index (χ0) is 25.9. The molecule has 1 amide bonds. The number of amides is 1. The van der Waals surface area contributed by atoms with E-state index < -0.39 is 11.7 Å². The molecule has 0 bridgehead atoms. The molecule has 7 heteroatoms. The summed E-state index contributed by atoms with van der Waals surface area (Å²) in [7, 11) is 4.08. The van der Waals surface area contributed by atoms with Crippen molar-refractivity contribution >= 4 is 23.0 Å². The molecule has 1 aromatic carbocycles. The lowest BCUT2D eigenvalue weighted by molar-refractivity contribution is -0.131. The second kappa shape index (κ2) is 19.9. The Hall–Kier alpha value is -3.06. The zero-order valence-electron chi connectivity index (χ0n) is 20.7. The van der Waals surface area contributed by atoms with Crippen LogP contribution >= 0.6 is 0 Å². The molecule has 1 atom stereocenters. The van der Waals surface area contributed by atoms with Gasteiger partial charge in [-0.25, -0.2) is 4.39 Å². The van der Waals surface area contributed by atoms with Crippen molar-refractivity contribution in [1.82, 2.24) is 5.32 Å². The second-order valence-electron chi connectivity index (χ2n) is 5.95. The fourth-order valence-electron chi connectivity index (χ4n) is 1.94. The van der Waals surface area contributed by atoms with E-state index in [-0.39, 0.29) is 23.0 Å². The predicted octanol–water partition coefficient (Wildman–Crippen LogP) is 4.69. The molecule has 1 aromatic rings. The van der Waals surface area contributed by atoms with E-state index in [1.54, 1.807) is 51.3 Å². The van der Waals surface area contributed by atoms with Crippen LogP contribution in [0.5, 0.6) is 5.75 Å². The summed E-state index contributed by atoms with van der Waals surface area (Å²) >= 11 is 0. The lowest BCUT2D eigenvalue weighted by Crippen LogP contribution is -2.29. The molecule has 0 aliphatic rings. The van der Waals surface area contributed by atoms with E-state index in [4.69, 9.17) is 9.84 Å². The Bertz CT molecular complexity index is 780. The summed E-state index contributed by atoms with van der Waals surface area (Å²) in [6.45, 7) is 13.8. The minimum Gasteiger partial charge on any atom is -0.497 e. The van der Waals surface area contributed by atoms with Crippen LogP contribution in [0.2, 0.25) is 0 Å². The fourth-order valence-corrected chi connectivity index (χ4v) is 1.94. The van der Waals surface area contributed by atoms with Crippen LogP contribution in [-0.2, 0) is 14.4 Å². The number of carbonyl (C=O) groups excluding carboxylic acids is 3.